The smallest absolute Gasteiger partial charge is 0.344 e. The molecule has 1 rings (SSSR count). The maximum Gasteiger partial charge on any atom is 0.344 e. The summed E-state index contributed by atoms with van der Waals surface area (Å²) in [4.78, 5) is 23.5. The highest BCUT2D eigenvalue weighted by molar-refractivity contribution is 8.04. The summed E-state index contributed by atoms with van der Waals surface area (Å²) in [5, 5.41) is 0. The largest absolute Gasteiger partial charge is 0.466 e. The first-order valence-electron chi connectivity index (χ1n) is 4.98. The van der Waals surface area contributed by atoms with Gasteiger partial charge in [-0.15, -0.1) is 0 Å². The molecular formula is C12H13NO4S. The Kier molecular flexibility index (Phi) is 5.26. The van der Waals surface area contributed by atoms with Crippen LogP contribution in [0.5, 0.6) is 0 Å². The van der Waals surface area contributed by atoms with Crippen LogP contribution >= 0.6 is 11.8 Å². The van der Waals surface area contributed by atoms with Crippen molar-refractivity contribution in [2.24, 2.45) is 0 Å². The van der Waals surface area contributed by atoms with Crippen LogP contribution in [0, 0.1) is 0 Å². The first-order chi connectivity index (χ1) is 8.58. The molecule has 0 saturated carbocycles. The van der Waals surface area contributed by atoms with Crippen LogP contribution in [0.25, 0.3) is 0 Å². The van der Waals surface area contributed by atoms with Crippen molar-refractivity contribution in [2.75, 3.05) is 20.0 Å². The number of thioether (sulfide) groups is 1. The number of rotatable bonds is 4. The van der Waals surface area contributed by atoms with E-state index in [1.54, 1.807) is 24.3 Å². The Bertz CT molecular complexity index is 485. The predicted octanol–water partition coefficient (Wildman–Crippen LogP) is 1.59. The third kappa shape index (κ3) is 3.81. The minimum absolute atomic E-state index is 0.113. The van der Waals surface area contributed by atoms with Crippen molar-refractivity contribution in [3.63, 3.8) is 0 Å². The monoisotopic (exact) mass is 267 g/mol. The predicted molar refractivity (Wildman–Crippen MR) is 68.8 cm³/mol. The number of nitrogens with two attached hydrogens (primary N) is 1. The van der Waals surface area contributed by atoms with E-state index in [1.807, 2.05) is 0 Å². The van der Waals surface area contributed by atoms with Crippen LogP contribution in [-0.4, -0.2) is 26.2 Å². The lowest BCUT2D eigenvalue weighted by molar-refractivity contribution is -0.137. The number of carbonyl (C=O) groups is 2. The second kappa shape index (κ2) is 6.70. The standard InChI is InChI=1S/C12H13NO4S/c1-16-11(14)7-10(12(15)17-2)18-9-6-4-3-5-8(9)13/h3-7H,13H2,1-2H3/b10-7+. The molecule has 0 saturated heterocycles. The maximum atomic E-state index is 11.5. The van der Waals surface area contributed by atoms with Gasteiger partial charge in [-0.05, 0) is 12.1 Å². The SMILES string of the molecule is COC(=O)/C=C(/Sc1ccccc1N)C(=O)OC. The summed E-state index contributed by atoms with van der Waals surface area (Å²) >= 11 is 1.05. The van der Waals surface area contributed by atoms with E-state index in [-0.39, 0.29) is 4.91 Å². The second-order valence-electron chi connectivity index (χ2n) is 3.16. The first-order valence-corrected chi connectivity index (χ1v) is 5.80. The molecule has 18 heavy (non-hydrogen) atoms. The van der Waals surface area contributed by atoms with Crippen molar-refractivity contribution in [2.45, 2.75) is 4.90 Å². The highest BCUT2D eigenvalue weighted by Crippen LogP contribution is 2.31. The molecule has 0 spiro atoms. The van der Waals surface area contributed by atoms with Gasteiger partial charge in [-0.25, -0.2) is 9.59 Å². The van der Waals surface area contributed by atoms with E-state index in [9.17, 15) is 9.59 Å². The quantitative estimate of drug-likeness (QED) is 0.386. The molecule has 1 aromatic rings. The average molecular weight is 267 g/mol. The maximum absolute atomic E-state index is 11.5. The van der Waals surface area contributed by atoms with E-state index < -0.39 is 11.9 Å². The number of hydrogen-bond acceptors (Lipinski definition) is 6. The zero-order valence-corrected chi connectivity index (χ0v) is 10.8. The molecule has 0 amide bonds. The average Bonchev–Trinajstić information content (AvgIpc) is 2.39. The van der Waals surface area contributed by atoms with Crippen LogP contribution in [-0.2, 0) is 19.1 Å². The molecule has 96 valence electrons. The van der Waals surface area contributed by atoms with Crippen molar-refractivity contribution in [3.05, 3.63) is 35.2 Å². The van der Waals surface area contributed by atoms with E-state index in [0.29, 0.717) is 10.6 Å². The van der Waals surface area contributed by atoms with Crippen molar-refractivity contribution in [3.8, 4) is 0 Å². The molecule has 1 aromatic carbocycles. The lowest BCUT2D eigenvalue weighted by Crippen LogP contribution is -2.06. The fourth-order valence-corrected chi connectivity index (χ4v) is 1.98. The van der Waals surface area contributed by atoms with E-state index in [0.717, 1.165) is 17.8 Å². The van der Waals surface area contributed by atoms with Gasteiger partial charge in [0.15, 0.2) is 0 Å². The fourth-order valence-electron chi connectivity index (χ4n) is 1.09. The van der Waals surface area contributed by atoms with Gasteiger partial charge in [0.05, 0.1) is 14.2 Å². The molecule has 0 bridgehead atoms. The van der Waals surface area contributed by atoms with Crippen molar-refractivity contribution >= 4 is 29.4 Å². The van der Waals surface area contributed by atoms with Crippen LogP contribution in [0.3, 0.4) is 0 Å². The number of nitrogen functional groups attached to an aromatic ring is 1. The molecule has 0 aliphatic rings. The summed E-state index contributed by atoms with van der Waals surface area (Å²) in [6, 6.07) is 7.01. The van der Waals surface area contributed by atoms with Gasteiger partial charge in [-0.3, -0.25) is 0 Å². The van der Waals surface area contributed by atoms with Crippen LogP contribution in [0.1, 0.15) is 0 Å². The Hall–Kier alpha value is -1.95. The first kappa shape index (κ1) is 14.1. The number of benzene rings is 1. The number of ether oxygens (including phenoxy) is 2. The van der Waals surface area contributed by atoms with Gasteiger partial charge in [-0.1, -0.05) is 23.9 Å². The van der Waals surface area contributed by atoms with Crippen LogP contribution in [0.2, 0.25) is 0 Å². The van der Waals surface area contributed by atoms with Gasteiger partial charge in [0.25, 0.3) is 0 Å². The third-order valence-electron chi connectivity index (χ3n) is 1.98. The summed E-state index contributed by atoms with van der Waals surface area (Å²) in [6.45, 7) is 0. The lowest BCUT2D eigenvalue weighted by Gasteiger charge is -2.07. The molecule has 5 nitrogen and oxygen atoms in total. The molecule has 0 fully saturated rings. The second-order valence-corrected chi connectivity index (χ2v) is 4.25. The Morgan fingerprint density at radius 2 is 1.89 bits per heavy atom. The zero-order valence-electron chi connectivity index (χ0n) is 10.0. The summed E-state index contributed by atoms with van der Waals surface area (Å²) in [6.07, 6.45) is 1.07. The fraction of sp³-hybridized carbons (Fsp3) is 0.167. The molecule has 0 unspecified atom stereocenters. The van der Waals surface area contributed by atoms with Crippen LogP contribution < -0.4 is 5.73 Å². The molecule has 0 heterocycles. The van der Waals surface area contributed by atoms with E-state index in [2.05, 4.69) is 9.47 Å². The molecule has 0 aliphatic carbocycles. The Morgan fingerprint density at radius 1 is 1.22 bits per heavy atom. The van der Waals surface area contributed by atoms with Gasteiger partial charge in [0.2, 0.25) is 0 Å². The number of esters is 2. The minimum Gasteiger partial charge on any atom is -0.466 e. The number of carbonyl (C=O) groups excluding carboxylic acids is 2. The number of methoxy groups -OCH3 is 2. The van der Waals surface area contributed by atoms with Crippen LogP contribution in [0.4, 0.5) is 5.69 Å². The van der Waals surface area contributed by atoms with Crippen molar-refractivity contribution < 1.29 is 19.1 Å². The minimum atomic E-state index is -0.627. The molecule has 2 N–H and O–H groups in total. The highest BCUT2D eigenvalue weighted by Gasteiger charge is 2.15. The molecule has 0 radical (unpaired) electrons. The van der Waals surface area contributed by atoms with E-state index in [4.69, 9.17) is 5.73 Å². The third-order valence-corrected chi connectivity index (χ3v) is 3.07. The molecule has 0 aliphatic heterocycles. The zero-order chi connectivity index (χ0) is 13.5. The lowest BCUT2D eigenvalue weighted by atomic mass is 10.3. The normalized spacial score (nSPS) is 10.9. The Labute approximate surface area is 109 Å². The molecule has 0 aromatic heterocycles. The highest BCUT2D eigenvalue weighted by atomic mass is 32.2. The van der Waals surface area contributed by atoms with E-state index >= 15 is 0 Å². The topological polar surface area (TPSA) is 78.6 Å². The number of anilines is 1. The van der Waals surface area contributed by atoms with Crippen molar-refractivity contribution in [1.29, 1.82) is 0 Å². The van der Waals surface area contributed by atoms with Crippen LogP contribution in [0.15, 0.2) is 40.1 Å². The van der Waals surface area contributed by atoms with E-state index in [1.165, 1.54) is 14.2 Å². The van der Waals surface area contributed by atoms with Gasteiger partial charge in [0, 0.05) is 16.7 Å². The summed E-state index contributed by atoms with van der Waals surface area (Å²) in [7, 11) is 2.47. The Balaban J connectivity index is 3.00. The van der Waals surface area contributed by atoms with Gasteiger partial charge in [-0.2, -0.15) is 0 Å². The van der Waals surface area contributed by atoms with Crippen molar-refractivity contribution in [1.82, 2.24) is 0 Å². The number of hydrogen-bond donors (Lipinski definition) is 1. The molecular weight excluding hydrogens is 254 g/mol. The van der Waals surface area contributed by atoms with Gasteiger partial charge >= 0.3 is 11.9 Å². The van der Waals surface area contributed by atoms with Gasteiger partial charge < -0.3 is 15.2 Å². The molecule has 0 atom stereocenters. The Morgan fingerprint density at radius 3 is 2.44 bits per heavy atom. The number of para-hydroxylation sites is 1. The summed E-state index contributed by atoms with van der Waals surface area (Å²) in [5.74, 6) is -1.24. The van der Waals surface area contributed by atoms with Gasteiger partial charge in [0.1, 0.15) is 4.91 Å². The summed E-state index contributed by atoms with van der Waals surface area (Å²) in [5.41, 5.74) is 6.27. The molecule has 6 heteroatoms. The summed E-state index contributed by atoms with van der Waals surface area (Å²) < 4.78 is 9.07.